The third-order valence-electron chi connectivity index (χ3n) is 5.76. The van der Waals surface area contributed by atoms with Gasteiger partial charge in [0, 0.05) is 18.7 Å². The molecule has 7 nitrogen and oxygen atoms in total. The monoisotopic (exact) mass is 471 g/mol. The van der Waals surface area contributed by atoms with E-state index in [1.165, 1.54) is 0 Å². The van der Waals surface area contributed by atoms with Crippen molar-refractivity contribution in [3.8, 4) is 0 Å². The zero-order valence-electron chi connectivity index (χ0n) is 20.0. The lowest BCUT2D eigenvalue weighted by atomic mass is 10.0. The van der Waals surface area contributed by atoms with E-state index in [2.05, 4.69) is 16.0 Å². The molecule has 0 aromatic heterocycles. The van der Waals surface area contributed by atoms with Crippen LogP contribution in [-0.4, -0.2) is 29.7 Å². The van der Waals surface area contributed by atoms with Gasteiger partial charge in [0.2, 0.25) is 11.8 Å². The second kappa shape index (κ2) is 13.1. The Balaban J connectivity index is 1.55. The quantitative estimate of drug-likeness (QED) is 0.206. The lowest BCUT2D eigenvalue weighted by Gasteiger charge is -2.21. The largest absolute Gasteiger partial charge is 0.384 e. The number of carbonyl (C=O) groups is 2. The number of hydrogen-bond acceptors (Lipinski definition) is 4. The minimum atomic E-state index is -0.684. The zero-order chi connectivity index (χ0) is 25.0. The maximum atomic E-state index is 13.1. The minimum absolute atomic E-state index is 0.000359. The molecule has 3 aromatic rings. The molecule has 2 atom stereocenters. The molecule has 0 fully saturated rings. The summed E-state index contributed by atoms with van der Waals surface area (Å²) in [5.74, 6) is -0.469. The number of benzene rings is 3. The number of rotatable bonds is 12. The van der Waals surface area contributed by atoms with Crippen LogP contribution in [0.5, 0.6) is 0 Å². The van der Waals surface area contributed by atoms with Crippen molar-refractivity contribution in [2.24, 2.45) is 5.73 Å². The molecule has 0 saturated carbocycles. The predicted octanol–water partition coefficient (Wildman–Crippen LogP) is 2.88. The highest BCUT2D eigenvalue weighted by molar-refractivity contribution is 5.95. The molecule has 3 rings (SSSR count). The number of amidine groups is 1. The average molecular weight is 472 g/mol. The number of nitrogens with one attached hydrogen (secondary N) is 4. The van der Waals surface area contributed by atoms with Gasteiger partial charge in [-0.2, -0.15) is 0 Å². The number of nitrogen functional groups attached to an aromatic ring is 1. The zero-order valence-corrected chi connectivity index (χ0v) is 20.0. The van der Waals surface area contributed by atoms with E-state index < -0.39 is 12.1 Å². The third-order valence-corrected chi connectivity index (χ3v) is 5.76. The van der Waals surface area contributed by atoms with Crippen LogP contribution in [0.2, 0.25) is 0 Å². The van der Waals surface area contributed by atoms with Crippen LogP contribution in [0, 0.1) is 5.41 Å². The summed E-state index contributed by atoms with van der Waals surface area (Å²) < 4.78 is 0. The second-order valence-corrected chi connectivity index (χ2v) is 8.50. The van der Waals surface area contributed by atoms with E-state index in [1.807, 2.05) is 72.8 Å². The van der Waals surface area contributed by atoms with Gasteiger partial charge in [-0.3, -0.25) is 15.0 Å². The van der Waals surface area contributed by atoms with Crippen molar-refractivity contribution >= 4 is 17.6 Å². The van der Waals surface area contributed by atoms with Crippen molar-refractivity contribution in [3.05, 3.63) is 107 Å². The van der Waals surface area contributed by atoms with Crippen molar-refractivity contribution in [3.63, 3.8) is 0 Å². The summed E-state index contributed by atoms with van der Waals surface area (Å²) in [4.78, 5) is 25.7. The summed E-state index contributed by atoms with van der Waals surface area (Å²) in [5.41, 5.74) is 9.24. The van der Waals surface area contributed by atoms with Crippen LogP contribution < -0.4 is 21.7 Å². The van der Waals surface area contributed by atoms with Crippen molar-refractivity contribution in [2.45, 2.75) is 44.9 Å². The molecule has 0 aliphatic rings. The Morgan fingerprint density at radius 2 is 1.37 bits per heavy atom. The molecule has 3 aromatic carbocycles. The first-order valence-electron chi connectivity index (χ1n) is 11.7. The molecule has 6 N–H and O–H groups in total. The highest BCUT2D eigenvalue weighted by Crippen LogP contribution is 2.08. The van der Waals surface area contributed by atoms with Crippen LogP contribution in [0.4, 0.5) is 0 Å². The first kappa shape index (κ1) is 25.6. The molecule has 0 aliphatic carbocycles. The van der Waals surface area contributed by atoms with Gasteiger partial charge < -0.3 is 21.7 Å². The molecule has 0 spiro atoms. The fourth-order valence-corrected chi connectivity index (χ4v) is 3.64. The van der Waals surface area contributed by atoms with Gasteiger partial charge in [-0.1, -0.05) is 84.9 Å². The maximum absolute atomic E-state index is 13.1. The van der Waals surface area contributed by atoms with Crippen LogP contribution in [-0.2, 0) is 29.1 Å². The van der Waals surface area contributed by atoms with E-state index in [1.54, 1.807) is 19.1 Å². The fourth-order valence-electron chi connectivity index (χ4n) is 3.64. The topological polar surface area (TPSA) is 120 Å². The van der Waals surface area contributed by atoms with Crippen molar-refractivity contribution in [1.82, 2.24) is 16.0 Å². The smallest absolute Gasteiger partial charge is 0.242 e. The summed E-state index contributed by atoms with van der Waals surface area (Å²) in [7, 11) is 0. The van der Waals surface area contributed by atoms with Gasteiger partial charge in [0.25, 0.3) is 0 Å². The lowest BCUT2D eigenvalue weighted by molar-refractivity contribution is -0.129. The summed E-state index contributed by atoms with van der Waals surface area (Å²) in [6, 6.07) is 25.9. The second-order valence-electron chi connectivity index (χ2n) is 8.50. The molecule has 0 saturated heterocycles. The van der Waals surface area contributed by atoms with E-state index in [0.29, 0.717) is 25.1 Å². The Hall–Kier alpha value is -3.97. The Kier molecular flexibility index (Phi) is 9.57. The fraction of sp³-hybridized carbons (Fsp3) is 0.250. The van der Waals surface area contributed by atoms with E-state index >= 15 is 0 Å². The first-order chi connectivity index (χ1) is 16.9. The van der Waals surface area contributed by atoms with Crippen molar-refractivity contribution in [2.75, 3.05) is 0 Å². The number of amides is 2. The van der Waals surface area contributed by atoms with E-state index in [4.69, 9.17) is 11.1 Å². The van der Waals surface area contributed by atoms with Gasteiger partial charge in [0.05, 0.1) is 6.04 Å². The Labute approximate surface area is 206 Å². The maximum Gasteiger partial charge on any atom is 0.242 e. The summed E-state index contributed by atoms with van der Waals surface area (Å²) >= 11 is 0. The Morgan fingerprint density at radius 3 is 1.97 bits per heavy atom. The van der Waals surface area contributed by atoms with Gasteiger partial charge in [0.15, 0.2) is 0 Å². The lowest BCUT2D eigenvalue weighted by Crippen LogP contribution is -2.51. The SMILES string of the molecule is C[C@H](NC(=O)[C@@H](CCc1ccccc1)NCc1ccccc1)C(=O)NCc1ccc(C(=N)N)cc1. The van der Waals surface area contributed by atoms with Gasteiger partial charge in [0.1, 0.15) is 11.9 Å². The molecule has 7 heteroatoms. The molecule has 35 heavy (non-hydrogen) atoms. The van der Waals surface area contributed by atoms with Crippen molar-refractivity contribution < 1.29 is 9.59 Å². The Morgan fingerprint density at radius 1 is 0.800 bits per heavy atom. The standard InChI is InChI=1S/C28H33N5O2/c1-20(27(34)32-19-23-12-15-24(16-13-23)26(29)30)33-28(35)25(17-14-21-8-4-2-5-9-21)31-18-22-10-6-3-7-11-22/h2-13,15-16,20,25,31H,14,17-19H2,1H3,(H3,29,30)(H,32,34)(H,33,35)/t20-,25+/m0/s1. The minimum Gasteiger partial charge on any atom is -0.384 e. The first-order valence-corrected chi connectivity index (χ1v) is 11.7. The molecule has 0 radical (unpaired) electrons. The predicted molar refractivity (Wildman–Crippen MR) is 139 cm³/mol. The van der Waals surface area contributed by atoms with Crippen LogP contribution in [0.25, 0.3) is 0 Å². The summed E-state index contributed by atoms with van der Waals surface area (Å²) in [6.07, 6.45) is 1.36. The number of aryl methyl sites for hydroxylation is 1. The van der Waals surface area contributed by atoms with Gasteiger partial charge in [-0.25, -0.2) is 0 Å². The van der Waals surface area contributed by atoms with E-state index in [0.717, 1.165) is 23.1 Å². The van der Waals surface area contributed by atoms with E-state index in [-0.39, 0.29) is 17.6 Å². The molecule has 182 valence electrons. The summed E-state index contributed by atoms with van der Waals surface area (Å²) in [5, 5.41) is 16.5. The van der Waals surface area contributed by atoms with Crippen LogP contribution >= 0.6 is 0 Å². The molecular formula is C28H33N5O2. The number of hydrogen-bond donors (Lipinski definition) is 5. The van der Waals surface area contributed by atoms with Crippen LogP contribution in [0.3, 0.4) is 0 Å². The molecular weight excluding hydrogens is 438 g/mol. The normalized spacial score (nSPS) is 12.4. The molecule has 2 amide bonds. The van der Waals surface area contributed by atoms with Gasteiger partial charge in [-0.05, 0) is 36.5 Å². The number of nitrogens with two attached hydrogens (primary N) is 1. The van der Waals surface area contributed by atoms with Crippen LogP contribution in [0.1, 0.15) is 35.6 Å². The average Bonchev–Trinajstić information content (AvgIpc) is 2.88. The van der Waals surface area contributed by atoms with Crippen LogP contribution in [0.15, 0.2) is 84.9 Å². The molecule has 0 heterocycles. The van der Waals surface area contributed by atoms with E-state index in [9.17, 15) is 9.59 Å². The Bertz CT molecular complexity index is 1060. The van der Waals surface area contributed by atoms with Gasteiger partial charge in [-0.15, -0.1) is 0 Å². The molecule has 0 bridgehead atoms. The molecule has 0 aliphatic heterocycles. The summed E-state index contributed by atoms with van der Waals surface area (Å²) in [6.45, 7) is 2.56. The number of carbonyl (C=O) groups excluding carboxylic acids is 2. The highest BCUT2D eigenvalue weighted by atomic mass is 16.2. The highest BCUT2D eigenvalue weighted by Gasteiger charge is 2.22. The third kappa shape index (κ3) is 8.39. The van der Waals surface area contributed by atoms with Crippen molar-refractivity contribution in [1.29, 1.82) is 5.41 Å². The van der Waals surface area contributed by atoms with Gasteiger partial charge >= 0.3 is 0 Å². The molecule has 0 unspecified atom stereocenters.